The molecule has 0 spiro atoms. The number of benzene rings is 2. The normalized spacial score (nSPS) is 13.7. The molecule has 180 valence electrons. The molecule has 35 heavy (non-hydrogen) atoms. The summed E-state index contributed by atoms with van der Waals surface area (Å²) in [6.45, 7) is 7.00. The lowest BCUT2D eigenvalue weighted by Crippen LogP contribution is -2.50. The van der Waals surface area contributed by atoms with Crippen LogP contribution in [-0.2, 0) is 0 Å². The van der Waals surface area contributed by atoms with Gasteiger partial charge in [0.1, 0.15) is 23.6 Å². The molecule has 10 nitrogen and oxygen atoms in total. The number of H-pyrrole nitrogens is 1. The van der Waals surface area contributed by atoms with E-state index in [1.54, 1.807) is 17.2 Å². The Hall–Kier alpha value is -4.34. The van der Waals surface area contributed by atoms with Gasteiger partial charge in [0.25, 0.3) is 0 Å². The average molecular weight is 473 g/mol. The van der Waals surface area contributed by atoms with Crippen molar-refractivity contribution in [3.05, 3.63) is 66.9 Å². The van der Waals surface area contributed by atoms with E-state index < -0.39 is 0 Å². The van der Waals surface area contributed by atoms with Crippen molar-refractivity contribution in [2.24, 2.45) is 0 Å². The number of urea groups is 1. The lowest BCUT2D eigenvalue weighted by molar-refractivity contribution is 0.208. The summed E-state index contributed by atoms with van der Waals surface area (Å²) in [7, 11) is 0. The fraction of sp³-hybridized carbons (Fsp3) is 0.280. The number of carbonyl (C=O) groups excluding carboxylic acids is 1. The van der Waals surface area contributed by atoms with Gasteiger partial charge in [0, 0.05) is 49.7 Å². The topological polar surface area (TPSA) is 104 Å². The largest absolute Gasteiger partial charge is 0.492 e. The van der Waals surface area contributed by atoms with Crippen molar-refractivity contribution in [1.82, 2.24) is 29.9 Å². The molecular weight excluding hydrogens is 444 g/mol. The number of ether oxygens (including phenoxy) is 1. The molecule has 2 aromatic carbocycles. The number of rotatable bonds is 6. The maximum absolute atomic E-state index is 12.9. The van der Waals surface area contributed by atoms with Gasteiger partial charge in [0.05, 0.1) is 6.61 Å². The Morgan fingerprint density at radius 1 is 1.11 bits per heavy atom. The summed E-state index contributed by atoms with van der Waals surface area (Å²) >= 11 is 0. The predicted molar refractivity (Wildman–Crippen MR) is 134 cm³/mol. The number of hydrogen-bond donors (Lipinski definition) is 2. The number of piperazine rings is 1. The molecule has 2 aromatic heterocycles. The van der Waals surface area contributed by atoms with Crippen LogP contribution < -0.4 is 15.0 Å². The number of amides is 2. The molecule has 1 aliphatic heterocycles. The van der Waals surface area contributed by atoms with Crippen LogP contribution in [0.1, 0.15) is 12.7 Å². The lowest BCUT2D eigenvalue weighted by Gasteiger charge is -2.36. The Bertz CT molecular complexity index is 1290. The highest BCUT2D eigenvalue weighted by Crippen LogP contribution is 2.30. The standard InChI is InChI=1S/C25H28N8O2/c1-3-35-23-15-20(9-10-22(23)33-17-26-18(2)30-33)31-11-13-32(14-12-31)25(34)28-24-21(16-27-29-24)19-7-5-4-6-8-19/h4-10,15-17H,3,11-14H2,1-2H3,(H2,27,28,29,34). The second kappa shape index (κ2) is 9.88. The van der Waals surface area contributed by atoms with Gasteiger partial charge >= 0.3 is 6.03 Å². The summed E-state index contributed by atoms with van der Waals surface area (Å²) in [5.74, 6) is 1.99. The van der Waals surface area contributed by atoms with Crippen LogP contribution in [0.3, 0.4) is 0 Å². The van der Waals surface area contributed by atoms with Crippen LogP contribution in [0.5, 0.6) is 5.75 Å². The molecule has 0 bridgehead atoms. The van der Waals surface area contributed by atoms with Crippen LogP contribution in [0.2, 0.25) is 0 Å². The zero-order chi connectivity index (χ0) is 24.2. The maximum atomic E-state index is 12.9. The van der Waals surface area contributed by atoms with Crippen molar-refractivity contribution in [1.29, 1.82) is 0 Å². The summed E-state index contributed by atoms with van der Waals surface area (Å²) in [5, 5.41) is 14.4. The number of aromatic amines is 1. The number of nitrogens with zero attached hydrogens (tertiary/aromatic N) is 6. The quantitative estimate of drug-likeness (QED) is 0.443. The van der Waals surface area contributed by atoms with Gasteiger partial charge in [-0.15, -0.1) is 0 Å². The highest BCUT2D eigenvalue weighted by Gasteiger charge is 2.23. The molecule has 0 unspecified atom stereocenters. The molecule has 2 amide bonds. The third-order valence-corrected chi connectivity index (χ3v) is 5.98. The van der Waals surface area contributed by atoms with E-state index in [2.05, 4.69) is 36.6 Å². The lowest BCUT2D eigenvalue weighted by atomic mass is 10.1. The van der Waals surface area contributed by atoms with Crippen molar-refractivity contribution in [3.63, 3.8) is 0 Å². The Balaban J connectivity index is 1.24. The summed E-state index contributed by atoms with van der Waals surface area (Å²) in [6, 6.07) is 15.8. The van der Waals surface area contributed by atoms with Gasteiger partial charge in [-0.2, -0.15) is 10.2 Å². The third-order valence-electron chi connectivity index (χ3n) is 5.98. The number of aryl methyl sites for hydroxylation is 1. The average Bonchev–Trinajstić information content (AvgIpc) is 3.54. The van der Waals surface area contributed by atoms with E-state index in [4.69, 9.17) is 4.74 Å². The smallest absolute Gasteiger partial charge is 0.323 e. The predicted octanol–water partition coefficient (Wildman–Crippen LogP) is 3.72. The molecule has 1 fully saturated rings. The second-order valence-electron chi connectivity index (χ2n) is 8.24. The molecule has 3 heterocycles. The van der Waals surface area contributed by atoms with Gasteiger partial charge in [-0.3, -0.25) is 10.4 Å². The molecule has 0 radical (unpaired) electrons. The summed E-state index contributed by atoms with van der Waals surface area (Å²) in [4.78, 5) is 21.2. The minimum Gasteiger partial charge on any atom is -0.492 e. The number of hydrogen-bond acceptors (Lipinski definition) is 6. The Morgan fingerprint density at radius 3 is 2.63 bits per heavy atom. The molecular formula is C25H28N8O2. The van der Waals surface area contributed by atoms with E-state index in [-0.39, 0.29) is 6.03 Å². The third kappa shape index (κ3) is 4.81. The molecule has 1 aliphatic rings. The Kier molecular flexibility index (Phi) is 6.34. The van der Waals surface area contributed by atoms with Crippen molar-refractivity contribution >= 4 is 17.5 Å². The number of nitrogens with one attached hydrogen (secondary N) is 2. The number of aromatic nitrogens is 5. The van der Waals surface area contributed by atoms with Gasteiger partial charge in [0.2, 0.25) is 0 Å². The SMILES string of the molecule is CCOc1cc(N2CCN(C(=O)Nc3n[nH]cc3-c3ccccc3)CC2)ccc1-n1cnc(C)n1. The van der Waals surface area contributed by atoms with Gasteiger partial charge in [-0.1, -0.05) is 30.3 Å². The first-order valence-corrected chi connectivity index (χ1v) is 11.7. The first kappa shape index (κ1) is 22.5. The van der Waals surface area contributed by atoms with Crippen LogP contribution in [0.4, 0.5) is 16.3 Å². The van der Waals surface area contributed by atoms with Crippen LogP contribution in [0, 0.1) is 6.92 Å². The van der Waals surface area contributed by atoms with Crippen LogP contribution >= 0.6 is 0 Å². The van der Waals surface area contributed by atoms with Crippen LogP contribution in [0.25, 0.3) is 16.8 Å². The highest BCUT2D eigenvalue weighted by atomic mass is 16.5. The molecule has 0 saturated carbocycles. The maximum Gasteiger partial charge on any atom is 0.323 e. The van der Waals surface area contributed by atoms with Crippen molar-refractivity contribution in [2.45, 2.75) is 13.8 Å². The Labute approximate surface area is 203 Å². The van der Waals surface area contributed by atoms with Gasteiger partial charge in [0.15, 0.2) is 5.82 Å². The van der Waals surface area contributed by atoms with Crippen molar-refractivity contribution in [2.75, 3.05) is 43.0 Å². The van der Waals surface area contributed by atoms with E-state index >= 15 is 0 Å². The van der Waals surface area contributed by atoms with E-state index in [0.717, 1.165) is 28.3 Å². The fourth-order valence-corrected chi connectivity index (χ4v) is 4.19. The first-order chi connectivity index (χ1) is 17.1. The molecule has 1 saturated heterocycles. The number of anilines is 2. The zero-order valence-corrected chi connectivity index (χ0v) is 19.8. The van der Waals surface area contributed by atoms with E-state index in [9.17, 15) is 4.79 Å². The molecule has 2 N–H and O–H groups in total. The van der Waals surface area contributed by atoms with Crippen molar-refractivity contribution < 1.29 is 9.53 Å². The molecule has 10 heteroatoms. The summed E-state index contributed by atoms with van der Waals surface area (Å²) in [5.41, 5.74) is 3.76. The van der Waals surface area contributed by atoms with E-state index in [1.165, 1.54) is 0 Å². The van der Waals surface area contributed by atoms with Crippen LogP contribution in [0.15, 0.2) is 61.1 Å². The molecule has 5 rings (SSSR count). The molecule has 0 atom stereocenters. The highest BCUT2D eigenvalue weighted by molar-refractivity contribution is 5.93. The van der Waals surface area contributed by atoms with Crippen molar-refractivity contribution in [3.8, 4) is 22.6 Å². The summed E-state index contributed by atoms with van der Waals surface area (Å²) < 4.78 is 7.63. The van der Waals surface area contributed by atoms with Gasteiger partial charge < -0.3 is 14.5 Å². The minimum atomic E-state index is -0.152. The van der Waals surface area contributed by atoms with E-state index in [0.29, 0.717) is 44.4 Å². The van der Waals surface area contributed by atoms with Crippen LogP contribution in [-0.4, -0.2) is 68.7 Å². The Morgan fingerprint density at radius 2 is 1.91 bits per heavy atom. The minimum absolute atomic E-state index is 0.152. The summed E-state index contributed by atoms with van der Waals surface area (Å²) in [6.07, 6.45) is 3.48. The zero-order valence-electron chi connectivity index (χ0n) is 19.8. The van der Waals surface area contributed by atoms with Gasteiger partial charge in [-0.05, 0) is 31.5 Å². The molecule has 4 aromatic rings. The first-order valence-electron chi connectivity index (χ1n) is 11.7. The van der Waals surface area contributed by atoms with E-state index in [1.807, 2.05) is 61.2 Å². The fourth-order valence-electron chi connectivity index (χ4n) is 4.19. The van der Waals surface area contributed by atoms with Gasteiger partial charge in [-0.25, -0.2) is 14.5 Å². The number of carbonyl (C=O) groups is 1. The molecule has 0 aliphatic carbocycles. The second-order valence-corrected chi connectivity index (χ2v) is 8.24. The monoisotopic (exact) mass is 472 g/mol.